The third kappa shape index (κ3) is 4.68. The number of esters is 1. The van der Waals surface area contributed by atoms with Gasteiger partial charge in [0.25, 0.3) is 0 Å². The third-order valence-electron chi connectivity index (χ3n) is 1.93. The summed E-state index contributed by atoms with van der Waals surface area (Å²) in [5.41, 5.74) is 6.93. The van der Waals surface area contributed by atoms with Gasteiger partial charge in [0.15, 0.2) is 0 Å². The van der Waals surface area contributed by atoms with Crippen LogP contribution in [0, 0.1) is 0 Å². The Morgan fingerprint density at radius 2 is 2.53 bits per heavy atom. The Labute approximate surface area is 98.0 Å². The first-order valence-corrected chi connectivity index (χ1v) is 6.76. The molecule has 84 valence electrons. The highest BCUT2D eigenvalue weighted by molar-refractivity contribution is 7.98. The molecule has 5 heteroatoms. The van der Waals surface area contributed by atoms with Crippen molar-refractivity contribution in [1.82, 2.24) is 0 Å². The van der Waals surface area contributed by atoms with Gasteiger partial charge in [0.2, 0.25) is 0 Å². The average molecular weight is 245 g/mol. The second-order valence-corrected chi connectivity index (χ2v) is 4.99. The van der Waals surface area contributed by atoms with Crippen LogP contribution >= 0.6 is 23.1 Å². The Bertz CT molecular complexity index is 288. The molecule has 1 heterocycles. The molecule has 1 aromatic rings. The fourth-order valence-electron chi connectivity index (χ4n) is 1.04. The van der Waals surface area contributed by atoms with Gasteiger partial charge in [-0.3, -0.25) is 4.79 Å². The van der Waals surface area contributed by atoms with Crippen LogP contribution in [-0.4, -0.2) is 24.9 Å². The van der Waals surface area contributed by atoms with Gasteiger partial charge in [0.05, 0.1) is 7.11 Å². The van der Waals surface area contributed by atoms with Gasteiger partial charge in [-0.25, -0.2) is 0 Å². The Morgan fingerprint density at radius 3 is 3.13 bits per heavy atom. The zero-order valence-corrected chi connectivity index (χ0v) is 10.3. The highest BCUT2D eigenvalue weighted by Gasteiger charge is 2.12. The van der Waals surface area contributed by atoms with Crippen molar-refractivity contribution in [1.29, 1.82) is 0 Å². The van der Waals surface area contributed by atoms with Crippen LogP contribution in [0.4, 0.5) is 0 Å². The van der Waals surface area contributed by atoms with Gasteiger partial charge in [0.1, 0.15) is 6.04 Å². The van der Waals surface area contributed by atoms with E-state index < -0.39 is 6.04 Å². The Balaban J connectivity index is 2.09. The molecule has 0 saturated carbocycles. The second-order valence-electron chi connectivity index (χ2n) is 3.10. The molecule has 0 spiro atoms. The van der Waals surface area contributed by atoms with Crippen LogP contribution in [0.15, 0.2) is 16.8 Å². The molecule has 0 aliphatic carbocycles. The molecule has 0 fully saturated rings. The molecule has 1 aromatic heterocycles. The molecule has 0 radical (unpaired) electrons. The maximum absolute atomic E-state index is 11.0. The summed E-state index contributed by atoms with van der Waals surface area (Å²) in [6, 6.07) is 1.63. The van der Waals surface area contributed by atoms with E-state index in [1.807, 2.05) is 0 Å². The lowest BCUT2D eigenvalue weighted by Crippen LogP contribution is -2.31. The summed E-state index contributed by atoms with van der Waals surface area (Å²) in [6.45, 7) is 0. The van der Waals surface area contributed by atoms with Crippen molar-refractivity contribution in [2.45, 2.75) is 18.2 Å². The molecule has 0 bridgehead atoms. The summed E-state index contributed by atoms with van der Waals surface area (Å²) in [6.07, 6.45) is 0.668. The highest BCUT2D eigenvalue weighted by Crippen LogP contribution is 2.16. The smallest absolute Gasteiger partial charge is 0.322 e. The van der Waals surface area contributed by atoms with Gasteiger partial charge in [-0.2, -0.15) is 23.1 Å². The van der Waals surface area contributed by atoms with E-state index in [-0.39, 0.29) is 5.97 Å². The zero-order valence-electron chi connectivity index (χ0n) is 8.64. The van der Waals surface area contributed by atoms with Gasteiger partial charge in [-0.05, 0) is 34.6 Å². The molecular weight excluding hydrogens is 230 g/mol. The Morgan fingerprint density at radius 1 is 1.73 bits per heavy atom. The number of thioether (sulfide) groups is 1. The maximum atomic E-state index is 11.0. The maximum Gasteiger partial charge on any atom is 0.322 e. The first-order valence-electron chi connectivity index (χ1n) is 4.66. The Kier molecular flexibility index (Phi) is 5.75. The first-order chi connectivity index (χ1) is 7.24. The van der Waals surface area contributed by atoms with Crippen molar-refractivity contribution in [2.75, 3.05) is 12.9 Å². The lowest BCUT2D eigenvalue weighted by atomic mass is 10.2. The quantitative estimate of drug-likeness (QED) is 0.614. The second kappa shape index (κ2) is 6.87. The summed E-state index contributed by atoms with van der Waals surface area (Å²) >= 11 is 3.49. The highest BCUT2D eigenvalue weighted by atomic mass is 32.2. The van der Waals surface area contributed by atoms with Gasteiger partial charge >= 0.3 is 5.97 Å². The van der Waals surface area contributed by atoms with Crippen molar-refractivity contribution >= 4 is 29.1 Å². The van der Waals surface area contributed by atoms with Crippen LogP contribution in [0.5, 0.6) is 0 Å². The minimum Gasteiger partial charge on any atom is -0.468 e. The summed E-state index contributed by atoms with van der Waals surface area (Å²) < 4.78 is 4.54. The van der Waals surface area contributed by atoms with Crippen LogP contribution in [0.3, 0.4) is 0 Å². The number of rotatable bonds is 6. The minimum absolute atomic E-state index is 0.328. The SMILES string of the molecule is COC(=O)C(N)CCSCc1ccsc1. The van der Waals surface area contributed by atoms with Crippen molar-refractivity contribution in [2.24, 2.45) is 5.73 Å². The fourth-order valence-corrected chi connectivity index (χ4v) is 2.80. The van der Waals surface area contributed by atoms with Crippen LogP contribution in [0.25, 0.3) is 0 Å². The summed E-state index contributed by atoms with van der Waals surface area (Å²) in [4.78, 5) is 11.0. The third-order valence-corrected chi connectivity index (χ3v) is 3.72. The van der Waals surface area contributed by atoms with E-state index >= 15 is 0 Å². The molecule has 15 heavy (non-hydrogen) atoms. The summed E-state index contributed by atoms with van der Waals surface area (Å²) in [5.74, 6) is 1.54. The van der Waals surface area contributed by atoms with E-state index in [1.165, 1.54) is 12.7 Å². The number of carbonyl (C=O) groups excluding carboxylic acids is 1. The molecule has 1 rings (SSSR count). The zero-order chi connectivity index (χ0) is 11.1. The van der Waals surface area contributed by atoms with Gasteiger partial charge in [0, 0.05) is 5.75 Å². The predicted molar refractivity (Wildman–Crippen MR) is 65.1 cm³/mol. The van der Waals surface area contributed by atoms with Gasteiger partial charge < -0.3 is 10.5 Å². The Hall–Kier alpha value is -0.520. The molecule has 0 aromatic carbocycles. The summed E-state index contributed by atoms with van der Waals surface area (Å²) in [7, 11) is 1.36. The number of hydrogen-bond acceptors (Lipinski definition) is 5. The van der Waals surface area contributed by atoms with Crippen LogP contribution in [0.1, 0.15) is 12.0 Å². The normalized spacial score (nSPS) is 12.4. The molecule has 0 aliphatic heterocycles. The predicted octanol–water partition coefficient (Wildman–Crippen LogP) is 1.87. The standard InChI is InChI=1S/C10H15NO2S2/c1-13-10(12)9(11)3-5-15-7-8-2-4-14-6-8/h2,4,6,9H,3,5,7,11H2,1H3. The number of ether oxygens (including phenoxy) is 1. The fraction of sp³-hybridized carbons (Fsp3) is 0.500. The number of carbonyl (C=O) groups is 1. The van der Waals surface area contributed by atoms with Gasteiger partial charge in [-0.1, -0.05) is 0 Å². The van der Waals surface area contributed by atoms with Crippen molar-refractivity contribution in [3.8, 4) is 0 Å². The molecule has 1 atom stereocenters. The molecule has 0 amide bonds. The number of nitrogens with two attached hydrogens (primary N) is 1. The molecule has 2 N–H and O–H groups in total. The van der Waals surface area contributed by atoms with Crippen molar-refractivity contribution < 1.29 is 9.53 Å². The summed E-state index contributed by atoms with van der Waals surface area (Å²) in [5, 5.41) is 4.20. The van der Waals surface area contributed by atoms with E-state index in [0.29, 0.717) is 6.42 Å². The lowest BCUT2D eigenvalue weighted by Gasteiger charge is -2.07. The minimum atomic E-state index is -0.482. The molecule has 3 nitrogen and oxygen atoms in total. The van der Waals surface area contributed by atoms with Gasteiger partial charge in [-0.15, -0.1) is 0 Å². The largest absolute Gasteiger partial charge is 0.468 e. The van der Waals surface area contributed by atoms with E-state index in [9.17, 15) is 4.79 Å². The number of thiophene rings is 1. The molecule has 0 saturated heterocycles. The number of methoxy groups -OCH3 is 1. The van der Waals surface area contributed by atoms with Crippen molar-refractivity contribution in [3.63, 3.8) is 0 Å². The molecule has 0 aliphatic rings. The van der Waals surface area contributed by atoms with E-state index in [1.54, 1.807) is 23.1 Å². The van der Waals surface area contributed by atoms with Crippen molar-refractivity contribution in [3.05, 3.63) is 22.4 Å². The first kappa shape index (κ1) is 12.5. The van der Waals surface area contributed by atoms with Crippen LogP contribution < -0.4 is 5.73 Å². The lowest BCUT2D eigenvalue weighted by molar-refractivity contribution is -0.142. The monoisotopic (exact) mass is 245 g/mol. The molecule has 1 unspecified atom stereocenters. The average Bonchev–Trinajstić information content (AvgIpc) is 2.75. The van der Waals surface area contributed by atoms with E-state index in [2.05, 4.69) is 21.6 Å². The number of hydrogen-bond donors (Lipinski definition) is 1. The van der Waals surface area contributed by atoms with E-state index in [4.69, 9.17) is 5.73 Å². The van der Waals surface area contributed by atoms with E-state index in [0.717, 1.165) is 11.5 Å². The van der Waals surface area contributed by atoms with Crippen LogP contribution in [-0.2, 0) is 15.3 Å². The molecular formula is C10H15NO2S2. The van der Waals surface area contributed by atoms with Crippen LogP contribution in [0.2, 0.25) is 0 Å². The topological polar surface area (TPSA) is 52.3 Å².